The molecule has 5 heteroatoms. The summed E-state index contributed by atoms with van der Waals surface area (Å²) in [5.74, 6) is 1.09. The summed E-state index contributed by atoms with van der Waals surface area (Å²) in [6.07, 6.45) is 1.92. The molecule has 0 unspecified atom stereocenters. The fraction of sp³-hybridized carbons (Fsp3) is 0.231. The van der Waals surface area contributed by atoms with Crippen molar-refractivity contribution < 1.29 is 18.7 Å². The average molecular weight is 419 g/mol. The zero-order valence-corrected chi connectivity index (χ0v) is 17.5. The smallest absolute Gasteiger partial charge is 0.141 e. The van der Waals surface area contributed by atoms with Crippen molar-refractivity contribution in [2.24, 2.45) is 0 Å². The van der Waals surface area contributed by atoms with Crippen molar-refractivity contribution in [2.75, 3.05) is 26.7 Å². The highest BCUT2D eigenvalue weighted by atomic mass is 19.1. The second kappa shape index (κ2) is 9.77. The molecule has 1 N–H and O–H groups in total. The first kappa shape index (κ1) is 21.1. The van der Waals surface area contributed by atoms with E-state index in [4.69, 9.17) is 9.15 Å². The number of aliphatic hydroxyl groups is 1. The van der Waals surface area contributed by atoms with Crippen LogP contribution < -0.4 is 4.74 Å². The van der Waals surface area contributed by atoms with E-state index in [1.54, 1.807) is 12.3 Å². The maximum absolute atomic E-state index is 13.4. The van der Waals surface area contributed by atoms with Crippen molar-refractivity contribution in [1.82, 2.24) is 4.90 Å². The monoisotopic (exact) mass is 419 g/mol. The van der Waals surface area contributed by atoms with Crippen molar-refractivity contribution >= 4 is 10.8 Å². The molecule has 0 aliphatic rings. The fourth-order valence-corrected chi connectivity index (χ4v) is 3.61. The third kappa shape index (κ3) is 5.51. The highest BCUT2D eigenvalue weighted by molar-refractivity contribution is 5.94. The summed E-state index contributed by atoms with van der Waals surface area (Å²) in [4.78, 5) is 2.11. The molecule has 31 heavy (non-hydrogen) atoms. The number of rotatable bonds is 9. The van der Waals surface area contributed by atoms with Gasteiger partial charge in [-0.3, -0.25) is 0 Å². The lowest BCUT2D eigenvalue weighted by Crippen LogP contribution is -2.34. The minimum absolute atomic E-state index is 0.220. The van der Waals surface area contributed by atoms with E-state index in [2.05, 4.69) is 17.0 Å². The molecule has 4 rings (SSSR count). The van der Waals surface area contributed by atoms with Gasteiger partial charge in [0.25, 0.3) is 0 Å². The van der Waals surface area contributed by atoms with E-state index in [0.29, 0.717) is 18.1 Å². The predicted molar refractivity (Wildman–Crippen MR) is 121 cm³/mol. The molecule has 0 amide bonds. The van der Waals surface area contributed by atoms with Crippen LogP contribution in [-0.2, 0) is 6.42 Å². The van der Waals surface area contributed by atoms with Crippen LogP contribution in [0.5, 0.6) is 5.75 Å². The second-order valence-electron chi connectivity index (χ2n) is 7.78. The number of fused-ring (bicyclic) bond motifs is 1. The number of furan rings is 1. The largest absolute Gasteiger partial charge is 0.491 e. The number of aliphatic hydroxyl groups excluding tert-OH is 1. The van der Waals surface area contributed by atoms with Gasteiger partial charge in [-0.05, 0) is 61.5 Å². The molecule has 0 fully saturated rings. The molecule has 0 aliphatic heterocycles. The Balaban J connectivity index is 1.28. The van der Waals surface area contributed by atoms with E-state index in [1.165, 1.54) is 17.7 Å². The summed E-state index contributed by atoms with van der Waals surface area (Å²) >= 11 is 0. The van der Waals surface area contributed by atoms with Gasteiger partial charge in [0.1, 0.15) is 30.0 Å². The predicted octanol–water partition coefficient (Wildman–Crippen LogP) is 5.15. The van der Waals surface area contributed by atoms with Gasteiger partial charge in [0.05, 0.1) is 6.26 Å². The lowest BCUT2D eigenvalue weighted by molar-refractivity contribution is 0.0767. The molecule has 160 valence electrons. The molecule has 0 saturated carbocycles. The third-order valence-electron chi connectivity index (χ3n) is 5.27. The van der Waals surface area contributed by atoms with E-state index in [-0.39, 0.29) is 12.4 Å². The molecule has 3 aromatic carbocycles. The zero-order chi connectivity index (χ0) is 21.6. The van der Waals surface area contributed by atoms with Gasteiger partial charge in [-0.1, -0.05) is 30.3 Å². The van der Waals surface area contributed by atoms with Crippen LogP contribution in [0.1, 0.15) is 5.56 Å². The van der Waals surface area contributed by atoms with Gasteiger partial charge < -0.3 is 19.2 Å². The van der Waals surface area contributed by atoms with Gasteiger partial charge in [-0.25, -0.2) is 4.39 Å². The maximum Gasteiger partial charge on any atom is 0.141 e. The van der Waals surface area contributed by atoms with Crippen LogP contribution in [0.25, 0.3) is 22.1 Å². The molecular formula is C26H26FNO3. The molecule has 0 radical (unpaired) electrons. The summed E-state index contributed by atoms with van der Waals surface area (Å²) in [6.45, 7) is 1.63. The minimum atomic E-state index is -0.579. The highest BCUT2D eigenvalue weighted by Crippen LogP contribution is 2.31. The van der Waals surface area contributed by atoms with Crippen LogP contribution in [-0.4, -0.2) is 42.9 Å². The third-order valence-corrected chi connectivity index (χ3v) is 5.27. The van der Waals surface area contributed by atoms with Crippen molar-refractivity contribution in [1.29, 1.82) is 0 Å². The van der Waals surface area contributed by atoms with Crippen molar-refractivity contribution in [2.45, 2.75) is 12.5 Å². The quantitative estimate of drug-likeness (QED) is 0.407. The zero-order valence-electron chi connectivity index (χ0n) is 17.5. The molecule has 0 bridgehead atoms. The summed E-state index contributed by atoms with van der Waals surface area (Å²) < 4.78 is 24.8. The number of nitrogens with zero attached hydrogens (tertiary/aromatic N) is 1. The molecule has 0 aliphatic carbocycles. The molecule has 0 saturated heterocycles. The van der Waals surface area contributed by atoms with Crippen molar-refractivity contribution in [3.05, 3.63) is 90.4 Å². The number of hydrogen-bond acceptors (Lipinski definition) is 4. The van der Waals surface area contributed by atoms with Crippen molar-refractivity contribution in [3.63, 3.8) is 0 Å². The summed E-state index contributed by atoms with van der Waals surface area (Å²) in [5.41, 5.74) is 2.17. The van der Waals surface area contributed by atoms with Gasteiger partial charge >= 0.3 is 0 Å². The Morgan fingerprint density at radius 3 is 2.58 bits per heavy atom. The lowest BCUT2D eigenvalue weighted by Gasteiger charge is -2.20. The number of likely N-dealkylation sites (N-methyl/N-ethyl adjacent to an activating group) is 1. The van der Waals surface area contributed by atoms with Crippen LogP contribution in [0, 0.1) is 5.82 Å². The lowest BCUT2D eigenvalue weighted by atomic mass is 10.1. The number of hydrogen-bond donors (Lipinski definition) is 1. The number of halogens is 1. The van der Waals surface area contributed by atoms with Crippen LogP contribution in [0.4, 0.5) is 4.39 Å². The standard InChI is InChI=1S/C26H26FNO3/c1-28(14-13-19-5-3-2-4-6-19)16-23(29)18-30-24-10-7-20(8-11-24)26-25-12-9-22(27)15-21(25)17-31-26/h2-12,15,17,23,29H,13-14,16,18H2,1H3/t23-/m0/s1. The van der Waals surface area contributed by atoms with Crippen LogP contribution in [0.2, 0.25) is 0 Å². The van der Waals surface area contributed by atoms with Gasteiger partial charge in [0.15, 0.2) is 0 Å². The first-order valence-corrected chi connectivity index (χ1v) is 10.4. The Bertz CT molecular complexity index is 1110. The highest BCUT2D eigenvalue weighted by Gasteiger charge is 2.12. The van der Waals surface area contributed by atoms with E-state index >= 15 is 0 Å². The SMILES string of the molecule is CN(CCc1ccccc1)C[C@H](O)COc1ccc(-c2occ3cc(F)ccc23)cc1. The minimum Gasteiger partial charge on any atom is -0.491 e. The van der Waals surface area contributed by atoms with Gasteiger partial charge in [-0.2, -0.15) is 0 Å². The van der Waals surface area contributed by atoms with Crippen molar-refractivity contribution in [3.8, 4) is 17.1 Å². The maximum atomic E-state index is 13.4. The summed E-state index contributed by atoms with van der Waals surface area (Å²) in [6, 6.07) is 22.4. The first-order valence-electron chi connectivity index (χ1n) is 10.4. The normalized spacial score (nSPS) is 12.4. The Morgan fingerprint density at radius 2 is 1.81 bits per heavy atom. The van der Waals surface area contributed by atoms with Gasteiger partial charge in [-0.15, -0.1) is 0 Å². The molecule has 1 heterocycles. The topological polar surface area (TPSA) is 45.8 Å². The van der Waals surface area contributed by atoms with Gasteiger partial charge in [0.2, 0.25) is 0 Å². The molecule has 4 aromatic rings. The Labute approximate surface area is 181 Å². The molecule has 0 spiro atoms. The van der Waals surface area contributed by atoms with E-state index in [9.17, 15) is 9.50 Å². The van der Waals surface area contributed by atoms with Crippen LogP contribution >= 0.6 is 0 Å². The van der Waals surface area contributed by atoms with E-state index in [0.717, 1.165) is 29.3 Å². The number of ether oxygens (including phenoxy) is 1. The Kier molecular flexibility index (Phi) is 6.65. The van der Waals surface area contributed by atoms with Crippen LogP contribution in [0.3, 0.4) is 0 Å². The molecule has 4 nitrogen and oxygen atoms in total. The Morgan fingerprint density at radius 1 is 1.03 bits per heavy atom. The molecule has 1 atom stereocenters. The molecular weight excluding hydrogens is 393 g/mol. The van der Waals surface area contributed by atoms with E-state index < -0.39 is 6.10 Å². The van der Waals surface area contributed by atoms with E-state index in [1.807, 2.05) is 49.5 Å². The fourth-order valence-electron chi connectivity index (χ4n) is 3.61. The summed E-state index contributed by atoms with van der Waals surface area (Å²) in [7, 11) is 2.00. The first-order chi connectivity index (χ1) is 15.1. The Hall–Kier alpha value is -3.15. The second-order valence-corrected chi connectivity index (χ2v) is 7.78. The number of benzene rings is 3. The van der Waals surface area contributed by atoms with Crippen LogP contribution in [0.15, 0.2) is 83.5 Å². The molecule has 1 aromatic heterocycles. The average Bonchev–Trinajstić information content (AvgIpc) is 3.20. The van der Waals surface area contributed by atoms with Gasteiger partial charge in [0, 0.05) is 29.4 Å². The summed E-state index contributed by atoms with van der Waals surface area (Å²) in [5, 5.41) is 11.9.